The fraction of sp³-hybridized carbons (Fsp3) is 0.194. The Morgan fingerprint density at radius 1 is 1.10 bits per heavy atom. The average molecular weight is 570 g/mol. The van der Waals surface area contributed by atoms with Gasteiger partial charge in [0.15, 0.2) is 4.80 Å². The van der Waals surface area contributed by atoms with Crippen LogP contribution in [0.2, 0.25) is 0 Å². The van der Waals surface area contributed by atoms with Crippen molar-refractivity contribution in [2.24, 2.45) is 4.99 Å². The van der Waals surface area contributed by atoms with Gasteiger partial charge in [-0.1, -0.05) is 65.9 Å². The summed E-state index contributed by atoms with van der Waals surface area (Å²) in [5.74, 6) is 0.0892. The van der Waals surface area contributed by atoms with E-state index in [9.17, 15) is 19.7 Å². The zero-order chi connectivity index (χ0) is 29.1. The van der Waals surface area contributed by atoms with E-state index >= 15 is 0 Å². The smallest absolute Gasteiger partial charge is 0.338 e. The second kappa shape index (κ2) is 11.7. The molecule has 41 heavy (non-hydrogen) atoms. The minimum atomic E-state index is -0.784. The minimum absolute atomic E-state index is 0.0754. The largest absolute Gasteiger partial charge is 0.489 e. The first-order chi connectivity index (χ1) is 19.7. The number of hydrogen-bond donors (Lipinski definition) is 0. The summed E-state index contributed by atoms with van der Waals surface area (Å²) in [7, 11) is 0. The third-order valence-electron chi connectivity index (χ3n) is 6.41. The van der Waals surface area contributed by atoms with Crippen LogP contribution in [-0.2, 0) is 16.1 Å². The first-order valence-corrected chi connectivity index (χ1v) is 13.8. The number of nitro groups is 1. The van der Waals surface area contributed by atoms with Crippen LogP contribution in [0.1, 0.15) is 43.5 Å². The molecule has 9 nitrogen and oxygen atoms in total. The Hall–Kier alpha value is -4.83. The zero-order valence-electron chi connectivity index (χ0n) is 22.6. The molecule has 2 heterocycles. The van der Waals surface area contributed by atoms with Crippen molar-refractivity contribution < 1.29 is 19.2 Å². The Kier molecular flexibility index (Phi) is 7.93. The Morgan fingerprint density at radius 3 is 2.51 bits per heavy atom. The van der Waals surface area contributed by atoms with Gasteiger partial charge in [-0.05, 0) is 55.7 Å². The van der Waals surface area contributed by atoms with Crippen LogP contribution >= 0.6 is 11.3 Å². The molecule has 0 saturated carbocycles. The molecule has 0 N–H and O–H groups in total. The molecule has 208 valence electrons. The SMILES string of the molecule is CC1=C(C(=O)OC(C)C)C(c2ccc(OCc3ccccc3)cc2)n2c(sc(=Cc3cccc([N+](=O)[O-])c3)c2=O)=N1. The van der Waals surface area contributed by atoms with E-state index in [0.717, 1.165) is 16.9 Å². The molecule has 1 aromatic heterocycles. The van der Waals surface area contributed by atoms with E-state index in [2.05, 4.69) is 4.99 Å². The fourth-order valence-corrected chi connectivity index (χ4v) is 5.59. The van der Waals surface area contributed by atoms with E-state index in [4.69, 9.17) is 9.47 Å². The number of benzene rings is 3. The lowest BCUT2D eigenvalue weighted by atomic mass is 9.96. The van der Waals surface area contributed by atoms with Crippen LogP contribution in [-0.4, -0.2) is 21.6 Å². The van der Waals surface area contributed by atoms with Crippen LogP contribution in [0.4, 0.5) is 5.69 Å². The normalized spacial score (nSPS) is 14.9. The summed E-state index contributed by atoms with van der Waals surface area (Å²) >= 11 is 1.16. The summed E-state index contributed by atoms with van der Waals surface area (Å²) in [5, 5.41) is 11.2. The molecular weight excluding hydrogens is 542 g/mol. The number of rotatable bonds is 8. The molecule has 1 atom stereocenters. The lowest BCUT2D eigenvalue weighted by Crippen LogP contribution is -2.40. The van der Waals surface area contributed by atoms with Gasteiger partial charge in [-0.25, -0.2) is 9.79 Å². The molecule has 0 saturated heterocycles. The molecule has 0 amide bonds. The van der Waals surface area contributed by atoms with E-state index in [0.29, 0.717) is 38.5 Å². The van der Waals surface area contributed by atoms with Crippen LogP contribution in [0, 0.1) is 10.1 Å². The first-order valence-electron chi connectivity index (χ1n) is 13.0. The van der Waals surface area contributed by atoms with E-state index in [1.54, 1.807) is 51.1 Å². The molecule has 0 radical (unpaired) electrons. The number of non-ortho nitro benzene ring substituents is 1. The molecule has 5 rings (SSSR count). The lowest BCUT2D eigenvalue weighted by molar-refractivity contribution is -0.384. The number of nitro benzene ring substituents is 1. The Balaban J connectivity index is 1.57. The topological polar surface area (TPSA) is 113 Å². The standard InChI is InChI=1S/C31H27N3O6S/c1-19(2)40-30(36)27-20(3)32-31-33(29(35)26(41-31)17-22-10-7-11-24(16-22)34(37)38)28(27)23-12-14-25(15-13-23)39-18-21-8-5-4-6-9-21/h4-17,19,28H,18H2,1-3H3. The van der Waals surface area contributed by atoms with Gasteiger partial charge < -0.3 is 9.47 Å². The van der Waals surface area contributed by atoms with Crippen molar-refractivity contribution in [1.29, 1.82) is 0 Å². The van der Waals surface area contributed by atoms with Gasteiger partial charge in [0.25, 0.3) is 11.2 Å². The van der Waals surface area contributed by atoms with Gasteiger partial charge in [-0.3, -0.25) is 19.5 Å². The zero-order valence-corrected chi connectivity index (χ0v) is 23.5. The third kappa shape index (κ3) is 6.02. The summed E-state index contributed by atoms with van der Waals surface area (Å²) < 4.78 is 13.3. The fourth-order valence-electron chi connectivity index (χ4n) is 4.54. The summed E-state index contributed by atoms with van der Waals surface area (Å²) in [5.41, 5.74) is 2.51. The van der Waals surface area contributed by atoms with Crippen molar-refractivity contribution in [3.05, 3.63) is 137 Å². The monoisotopic (exact) mass is 569 g/mol. The van der Waals surface area contributed by atoms with E-state index < -0.39 is 16.9 Å². The number of nitrogens with zero attached hydrogens (tertiary/aromatic N) is 3. The van der Waals surface area contributed by atoms with Crippen molar-refractivity contribution >= 4 is 29.1 Å². The summed E-state index contributed by atoms with van der Waals surface area (Å²) in [6.45, 7) is 5.64. The van der Waals surface area contributed by atoms with Crippen molar-refractivity contribution in [3.63, 3.8) is 0 Å². The maximum absolute atomic E-state index is 13.8. The molecule has 0 bridgehead atoms. The van der Waals surface area contributed by atoms with E-state index in [1.165, 1.54) is 16.7 Å². The molecule has 10 heteroatoms. The van der Waals surface area contributed by atoms with Gasteiger partial charge in [0, 0.05) is 12.1 Å². The molecule has 0 spiro atoms. The Bertz CT molecular complexity index is 1820. The number of esters is 1. The summed E-state index contributed by atoms with van der Waals surface area (Å²) in [6.07, 6.45) is 1.23. The number of hydrogen-bond acceptors (Lipinski definition) is 8. The van der Waals surface area contributed by atoms with Crippen LogP contribution in [0.25, 0.3) is 6.08 Å². The minimum Gasteiger partial charge on any atom is -0.489 e. The number of allylic oxidation sites excluding steroid dienone is 1. The molecular formula is C31H27N3O6S. The number of fused-ring (bicyclic) bond motifs is 1. The highest BCUT2D eigenvalue weighted by Crippen LogP contribution is 2.32. The van der Waals surface area contributed by atoms with Gasteiger partial charge in [-0.15, -0.1) is 0 Å². The molecule has 0 aliphatic carbocycles. The summed E-state index contributed by atoms with van der Waals surface area (Å²) in [4.78, 5) is 42.9. The highest BCUT2D eigenvalue weighted by Gasteiger charge is 2.33. The van der Waals surface area contributed by atoms with Crippen LogP contribution in [0.5, 0.6) is 5.75 Å². The molecule has 4 aromatic rings. The second-order valence-corrected chi connectivity index (χ2v) is 10.7. The quantitative estimate of drug-likeness (QED) is 0.173. The highest BCUT2D eigenvalue weighted by molar-refractivity contribution is 7.07. The molecule has 1 aliphatic heterocycles. The average Bonchev–Trinajstić information content (AvgIpc) is 3.25. The van der Waals surface area contributed by atoms with Crippen molar-refractivity contribution in [1.82, 2.24) is 4.57 Å². The van der Waals surface area contributed by atoms with E-state index in [-0.39, 0.29) is 22.9 Å². The van der Waals surface area contributed by atoms with Gasteiger partial charge in [0.05, 0.1) is 32.9 Å². The summed E-state index contributed by atoms with van der Waals surface area (Å²) in [6, 6.07) is 22.3. The third-order valence-corrected chi connectivity index (χ3v) is 7.39. The number of thiazole rings is 1. The van der Waals surface area contributed by atoms with Crippen LogP contribution in [0.3, 0.4) is 0 Å². The van der Waals surface area contributed by atoms with Gasteiger partial charge >= 0.3 is 5.97 Å². The molecule has 3 aromatic carbocycles. The second-order valence-electron chi connectivity index (χ2n) is 9.73. The van der Waals surface area contributed by atoms with Gasteiger partial charge in [-0.2, -0.15) is 0 Å². The predicted octanol–water partition coefficient (Wildman–Crippen LogP) is 4.67. The lowest BCUT2D eigenvalue weighted by Gasteiger charge is -2.25. The Morgan fingerprint density at radius 2 is 1.83 bits per heavy atom. The maximum Gasteiger partial charge on any atom is 0.338 e. The van der Waals surface area contributed by atoms with Gasteiger partial charge in [0.1, 0.15) is 12.4 Å². The number of ether oxygens (including phenoxy) is 2. The number of carbonyl (C=O) groups is 1. The highest BCUT2D eigenvalue weighted by atomic mass is 32.1. The molecule has 1 aliphatic rings. The predicted molar refractivity (Wildman–Crippen MR) is 155 cm³/mol. The van der Waals surface area contributed by atoms with Crippen LogP contribution in [0.15, 0.2) is 99.9 Å². The first kappa shape index (κ1) is 27.7. The maximum atomic E-state index is 13.8. The van der Waals surface area contributed by atoms with Gasteiger partial charge in [0.2, 0.25) is 0 Å². The van der Waals surface area contributed by atoms with E-state index in [1.807, 2.05) is 42.5 Å². The number of aromatic nitrogens is 1. The van der Waals surface area contributed by atoms with Crippen molar-refractivity contribution in [2.75, 3.05) is 0 Å². The number of carbonyl (C=O) groups excluding carboxylic acids is 1. The molecule has 0 fully saturated rings. The van der Waals surface area contributed by atoms with Crippen LogP contribution < -0.4 is 19.6 Å². The van der Waals surface area contributed by atoms with Crippen molar-refractivity contribution in [3.8, 4) is 5.75 Å². The molecule has 1 unspecified atom stereocenters. The Labute approximate surface area is 239 Å². The van der Waals surface area contributed by atoms with Crippen molar-refractivity contribution in [2.45, 2.75) is 39.5 Å².